The molecule has 2 aromatic carbocycles. The molecule has 1 unspecified atom stereocenters. The summed E-state index contributed by atoms with van der Waals surface area (Å²) in [6.45, 7) is 6.25. The zero-order valence-corrected chi connectivity index (χ0v) is 19.3. The molecule has 2 rings (SSSR count). The van der Waals surface area contributed by atoms with Gasteiger partial charge in [-0.3, -0.25) is 9.59 Å². The Bertz CT molecular complexity index is 853. The van der Waals surface area contributed by atoms with E-state index in [1.807, 2.05) is 45.0 Å². The van der Waals surface area contributed by atoms with E-state index in [4.69, 9.17) is 9.47 Å². The van der Waals surface area contributed by atoms with Crippen LogP contribution in [0, 0.1) is 5.82 Å². The Kier molecular flexibility index (Phi) is 9.98. The number of benzene rings is 2. The predicted octanol–water partition coefficient (Wildman–Crippen LogP) is 4.33. The Hall–Kier alpha value is -3.09. The minimum absolute atomic E-state index is 0.0304. The molecule has 2 amide bonds. The number of ether oxygens (including phenoxy) is 2. The van der Waals surface area contributed by atoms with Crippen LogP contribution in [0.4, 0.5) is 4.39 Å². The third-order valence-corrected chi connectivity index (χ3v) is 4.95. The Morgan fingerprint density at radius 2 is 1.66 bits per heavy atom. The summed E-state index contributed by atoms with van der Waals surface area (Å²) >= 11 is 0. The van der Waals surface area contributed by atoms with E-state index in [0.29, 0.717) is 25.2 Å². The summed E-state index contributed by atoms with van der Waals surface area (Å²) in [5.74, 6) is 0.774. The maximum atomic E-state index is 13.3. The number of carbonyl (C=O) groups is 2. The maximum Gasteiger partial charge on any atom is 0.243 e. The van der Waals surface area contributed by atoms with Crippen molar-refractivity contribution >= 4 is 11.8 Å². The van der Waals surface area contributed by atoms with Crippen LogP contribution < -0.4 is 14.8 Å². The lowest BCUT2D eigenvalue weighted by Gasteiger charge is -2.31. The molecule has 32 heavy (non-hydrogen) atoms. The molecule has 0 radical (unpaired) electrons. The number of halogens is 1. The third-order valence-electron chi connectivity index (χ3n) is 4.95. The van der Waals surface area contributed by atoms with Crippen LogP contribution in [0.3, 0.4) is 0 Å². The van der Waals surface area contributed by atoms with Crippen LogP contribution in [0.1, 0.15) is 45.6 Å². The standard InChI is InChI=1S/C25H33FN2O4/c1-5-23(25(30)27-18(2)3)28(17-19-8-10-20(26)11-9-19)24(29)7-6-16-32-22-14-12-21(31-4)13-15-22/h8-15,18,23H,5-7,16-17H2,1-4H3,(H,27,30). The molecule has 6 nitrogen and oxygen atoms in total. The van der Waals surface area contributed by atoms with Crippen molar-refractivity contribution in [3.8, 4) is 11.5 Å². The van der Waals surface area contributed by atoms with Gasteiger partial charge in [-0.15, -0.1) is 0 Å². The fourth-order valence-corrected chi connectivity index (χ4v) is 3.32. The van der Waals surface area contributed by atoms with Crippen molar-refractivity contribution in [1.29, 1.82) is 0 Å². The molecule has 0 aliphatic rings. The smallest absolute Gasteiger partial charge is 0.243 e. The Balaban J connectivity index is 2.02. The van der Waals surface area contributed by atoms with Crippen molar-refractivity contribution in [3.05, 3.63) is 59.9 Å². The molecule has 0 saturated carbocycles. The normalized spacial score (nSPS) is 11.7. The van der Waals surface area contributed by atoms with Crippen molar-refractivity contribution in [3.63, 3.8) is 0 Å². The van der Waals surface area contributed by atoms with Crippen LogP contribution in [0.15, 0.2) is 48.5 Å². The molecule has 0 aromatic heterocycles. The lowest BCUT2D eigenvalue weighted by atomic mass is 10.1. The number of rotatable bonds is 12. The fourth-order valence-electron chi connectivity index (χ4n) is 3.32. The van der Waals surface area contributed by atoms with Gasteiger partial charge in [-0.05, 0) is 68.7 Å². The van der Waals surface area contributed by atoms with Gasteiger partial charge >= 0.3 is 0 Å². The SMILES string of the molecule is CCC(C(=O)NC(C)C)N(Cc1ccc(F)cc1)C(=O)CCCOc1ccc(OC)cc1. The largest absolute Gasteiger partial charge is 0.497 e. The molecule has 0 fully saturated rings. The first kappa shape index (κ1) is 25.2. The van der Waals surface area contributed by atoms with E-state index in [0.717, 1.165) is 11.3 Å². The van der Waals surface area contributed by atoms with Gasteiger partial charge in [0, 0.05) is 19.0 Å². The van der Waals surface area contributed by atoms with Crippen LogP contribution in [0.2, 0.25) is 0 Å². The number of hydrogen-bond donors (Lipinski definition) is 1. The molecule has 7 heteroatoms. The summed E-state index contributed by atoms with van der Waals surface area (Å²) in [6.07, 6.45) is 1.23. The van der Waals surface area contributed by atoms with Gasteiger partial charge in [-0.25, -0.2) is 4.39 Å². The Morgan fingerprint density at radius 1 is 1.03 bits per heavy atom. The van der Waals surface area contributed by atoms with Gasteiger partial charge in [-0.2, -0.15) is 0 Å². The van der Waals surface area contributed by atoms with Gasteiger partial charge in [-0.1, -0.05) is 19.1 Å². The average Bonchev–Trinajstić information content (AvgIpc) is 2.77. The molecule has 0 bridgehead atoms. The summed E-state index contributed by atoms with van der Waals surface area (Å²) in [5.41, 5.74) is 0.769. The first-order chi connectivity index (χ1) is 15.3. The zero-order valence-electron chi connectivity index (χ0n) is 19.3. The third kappa shape index (κ3) is 7.87. The van der Waals surface area contributed by atoms with E-state index in [-0.39, 0.29) is 36.6 Å². The number of hydrogen-bond acceptors (Lipinski definition) is 4. The number of amides is 2. The lowest BCUT2D eigenvalue weighted by Crippen LogP contribution is -2.50. The highest BCUT2D eigenvalue weighted by Gasteiger charge is 2.28. The Labute approximate surface area is 189 Å². The highest BCUT2D eigenvalue weighted by molar-refractivity contribution is 5.87. The van der Waals surface area contributed by atoms with Crippen molar-refractivity contribution in [2.45, 2.75) is 58.7 Å². The van der Waals surface area contributed by atoms with E-state index in [1.165, 1.54) is 12.1 Å². The minimum Gasteiger partial charge on any atom is -0.497 e. The van der Waals surface area contributed by atoms with Crippen molar-refractivity contribution in [1.82, 2.24) is 10.2 Å². The van der Waals surface area contributed by atoms with Crippen LogP contribution >= 0.6 is 0 Å². The lowest BCUT2D eigenvalue weighted by molar-refractivity contribution is -0.141. The minimum atomic E-state index is -0.600. The molecule has 174 valence electrons. The molecule has 1 N–H and O–H groups in total. The predicted molar refractivity (Wildman–Crippen MR) is 122 cm³/mol. The van der Waals surface area contributed by atoms with E-state index in [9.17, 15) is 14.0 Å². The molecule has 0 spiro atoms. The van der Waals surface area contributed by atoms with Gasteiger partial charge in [0.25, 0.3) is 0 Å². The second kappa shape index (κ2) is 12.7. The van der Waals surface area contributed by atoms with Gasteiger partial charge in [0.15, 0.2) is 0 Å². The van der Waals surface area contributed by atoms with E-state index in [1.54, 1.807) is 24.1 Å². The summed E-state index contributed by atoms with van der Waals surface area (Å²) in [6, 6.07) is 12.6. The zero-order chi connectivity index (χ0) is 23.5. The van der Waals surface area contributed by atoms with E-state index < -0.39 is 6.04 Å². The van der Waals surface area contributed by atoms with Crippen LogP contribution in [0.25, 0.3) is 0 Å². The molecular weight excluding hydrogens is 411 g/mol. The first-order valence-electron chi connectivity index (χ1n) is 10.9. The summed E-state index contributed by atoms with van der Waals surface area (Å²) in [4.78, 5) is 27.4. The van der Waals surface area contributed by atoms with Crippen molar-refractivity contribution in [2.75, 3.05) is 13.7 Å². The first-order valence-corrected chi connectivity index (χ1v) is 10.9. The van der Waals surface area contributed by atoms with Gasteiger partial charge in [0.2, 0.25) is 11.8 Å². The number of nitrogens with one attached hydrogen (secondary N) is 1. The van der Waals surface area contributed by atoms with Gasteiger partial charge < -0.3 is 19.7 Å². The Morgan fingerprint density at radius 3 is 2.22 bits per heavy atom. The number of carbonyl (C=O) groups excluding carboxylic acids is 2. The number of methoxy groups -OCH3 is 1. The fraction of sp³-hybridized carbons (Fsp3) is 0.440. The van der Waals surface area contributed by atoms with E-state index in [2.05, 4.69) is 5.32 Å². The molecule has 0 heterocycles. The highest BCUT2D eigenvalue weighted by atomic mass is 19.1. The topological polar surface area (TPSA) is 67.9 Å². The van der Waals surface area contributed by atoms with E-state index >= 15 is 0 Å². The number of nitrogens with zero attached hydrogens (tertiary/aromatic N) is 1. The average molecular weight is 445 g/mol. The molecule has 0 aliphatic heterocycles. The van der Waals surface area contributed by atoms with Gasteiger partial charge in [0.05, 0.1) is 13.7 Å². The summed E-state index contributed by atoms with van der Waals surface area (Å²) in [7, 11) is 1.60. The summed E-state index contributed by atoms with van der Waals surface area (Å²) < 4.78 is 24.1. The van der Waals surface area contributed by atoms with Crippen molar-refractivity contribution in [2.24, 2.45) is 0 Å². The quantitative estimate of drug-likeness (QED) is 0.495. The molecular formula is C25H33FN2O4. The molecule has 2 aromatic rings. The van der Waals surface area contributed by atoms with Crippen LogP contribution in [-0.2, 0) is 16.1 Å². The van der Waals surface area contributed by atoms with Crippen LogP contribution in [-0.4, -0.2) is 42.5 Å². The monoisotopic (exact) mass is 444 g/mol. The maximum absolute atomic E-state index is 13.3. The molecule has 1 atom stereocenters. The van der Waals surface area contributed by atoms with Crippen LogP contribution in [0.5, 0.6) is 11.5 Å². The second-order valence-corrected chi connectivity index (χ2v) is 7.86. The summed E-state index contributed by atoms with van der Waals surface area (Å²) in [5, 5.41) is 2.89. The highest BCUT2D eigenvalue weighted by Crippen LogP contribution is 2.18. The van der Waals surface area contributed by atoms with Gasteiger partial charge in [0.1, 0.15) is 23.4 Å². The second-order valence-electron chi connectivity index (χ2n) is 7.86. The molecule has 0 saturated heterocycles. The molecule has 0 aliphatic carbocycles. The van der Waals surface area contributed by atoms with Crippen molar-refractivity contribution < 1.29 is 23.5 Å².